The Morgan fingerprint density at radius 1 is 0.917 bits per heavy atom. The zero-order chi connectivity index (χ0) is 26.0. The highest BCUT2D eigenvalue weighted by Gasteiger charge is 2.45. The highest BCUT2D eigenvalue weighted by atomic mass is 16.5. The Labute approximate surface area is 212 Å². The van der Waals surface area contributed by atoms with E-state index in [9.17, 15) is 9.59 Å². The van der Waals surface area contributed by atoms with Crippen molar-refractivity contribution in [1.29, 1.82) is 0 Å². The molecule has 1 aliphatic heterocycles. The van der Waals surface area contributed by atoms with Crippen LogP contribution >= 0.6 is 0 Å². The van der Waals surface area contributed by atoms with Crippen molar-refractivity contribution in [3.05, 3.63) is 64.9 Å². The molecule has 1 aliphatic carbocycles. The Hall–Kier alpha value is -3.61. The summed E-state index contributed by atoms with van der Waals surface area (Å²) in [6, 6.07) is 13.3. The van der Waals surface area contributed by atoms with Crippen molar-refractivity contribution in [1.82, 2.24) is 0 Å². The largest absolute Gasteiger partial charge is 0.497 e. The van der Waals surface area contributed by atoms with Gasteiger partial charge in [0.25, 0.3) is 0 Å². The second-order valence-electron chi connectivity index (χ2n) is 9.47. The fourth-order valence-corrected chi connectivity index (χ4v) is 5.19. The minimum absolute atomic E-state index is 0.00363. The van der Waals surface area contributed by atoms with Crippen LogP contribution in [0.5, 0.6) is 17.2 Å². The van der Waals surface area contributed by atoms with Crippen molar-refractivity contribution in [2.45, 2.75) is 51.6 Å². The van der Waals surface area contributed by atoms with Gasteiger partial charge >= 0.3 is 5.97 Å². The van der Waals surface area contributed by atoms with Crippen LogP contribution in [0.4, 0.5) is 0 Å². The SMILES string of the molecule is COc1ccc([C@@H]2CC(=O)C3=C(C2)N=C(C)C(C(=O)OC(C)C)[C@H]3c2ccc(OC)c(OC)c2)cc1. The van der Waals surface area contributed by atoms with E-state index in [1.165, 1.54) is 0 Å². The molecule has 36 heavy (non-hydrogen) atoms. The lowest BCUT2D eigenvalue weighted by Crippen LogP contribution is -2.38. The average molecular weight is 492 g/mol. The first kappa shape index (κ1) is 25.5. The van der Waals surface area contributed by atoms with Crippen LogP contribution in [0, 0.1) is 5.92 Å². The second kappa shape index (κ2) is 10.6. The Bertz CT molecular complexity index is 1210. The Morgan fingerprint density at radius 2 is 1.58 bits per heavy atom. The molecule has 3 atom stereocenters. The van der Waals surface area contributed by atoms with Crippen molar-refractivity contribution in [3.63, 3.8) is 0 Å². The smallest absolute Gasteiger partial charge is 0.315 e. The predicted molar refractivity (Wildman–Crippen MR) is 137 cm³/mol. The van der Waals surface area contributed by atoms with Gasteiger partial charge in [-0.2, -0.15) is 0 Å². The normalized spacial score (nSPS) is 21.6. The van der Waals surface area contributed by atoms with Crippen molar-refractivity contribution in [2.75, 3.05) is 21.3 Å². The molecule has 2 aromatic carbocycles. The van der Waals surface area contributed by atoms with Crippen molar-refractivity contribution < 1.29 is 28.5 Å². The number of ketones is 1. The first-order chi connectivity index (χ1) is 17.3. The molecule has 0 spiro atoms. The van der Waals surface area contributed by atoms with Crippen LogP contribution in [0.1, 0.15) is 56.6 Å². The molecule has 0 saturated carbocycles. The summed E-state index contributed by atoms with van der Waals surface area (Å²) in [5.41, 5.74) is 3.81. The molecular weight excluding hydrogens is 458 g/mol. The minimum atomic E-state index is -0.703. The zero-order valence-electron chi connectivity index (χ0n) is 21.7. The number of hydrogen-bond acceptors (Lipinski definition) is 7. The summed E-state index contributed by atoms with van der Waals surface area (Å²) in [6.07, 6.45) is 0.670. The maximum Gasteiger partial charge on any atom is 0.315 e. The van der Waals surface area contributed by atoms with Gasteiger partial charge < -0.3 is 18.9 Å². The van der Waals surface area contributed by atoms with E-state index in [4.69, 9.17) is 23.9 Å². The monoisotopic (exact) mass is 491 g/mol. The first-order valence-electron chi connectivity index (χ1n) is 12.1. The number of nitrogens with zero attached hydrogens (tertiary/aromatic N) is 1. The van der Waals surface area contributed by atoms with Gasteiger partial charge in [0.15, 0.2) is 17.3 Å². The van der Waals surface area contributed by atoms with Crippen molar-refractivity contribution >= 4 is 17.5 Å². The number of carbonyl (C=O) groups excluding carboxylic acids is 2. The van der Waals surface area contributed by atoms with Crippen LogP contribution in [-0.4, -0.2) is 44.9 Å². The number of benzene rings is 2. The molecular formula is C29H33NO6. The summed E-state index contributed by atoms with van der Waals surface area (Å²) in [5, 5.41) is 0. The molecule has 7 heteroatoms. The topological polar surface area (TPSA) is 83.4 Å². The van der Waals surface area contributed by atoms with E-state index >= 15 is 0 Å². The Morgan fingerprint density at radius 3 is 2.19 bits per heavy atom. The lowest BCUT2D eigenvalue weighted by Gasteiger charge is -2.37. The second-order valence-corrected chi connectivity index (χ2v) is 9.47. The molecule has 0 amide bonds. The van der Waals surface area contributed by atoms with E-state index in [1.807, 2.05) is 57.2 Å². The number of methoxy groups -OCH3 is 3. The highest BCUT2D eigenvalue weighted by molar-refractivity contribution is 6.09. The van der Waals surface area contributed by atoms with Gasteiger partial charge in [0.1, 0.15) is 11.7 Å². The summed E-state index contributed by atoms with van der Waals surface area (Å²) >= 11 is 0. The number of esters is 1. The Kier molecular flexibility index (Phi) is 7.48. The number of ether oxygens (including phenoxy) is 4. The minimum Gasteiger partial charge on any atom is -0.497 e. The summed E-state index contributed by atoms with van der Waals surface area (Å²) in [7, 11) is 4.77. The van der Waals surface area contributed by atoms with Gasteiger partial charge in [-0.3, -0.25) is 14.6 Å². The van der Waals surface area contributed by atoms with Gasteiger partial charge in [-0.25, -0.2) is 0 Å². The van der Waals surface area contributed by atoms with Crippen LogP contribution in [-0.2, 0) is 14.3 Å². The van der Waals surface area contributed by atoms with Gasteiger partial charge in [0.05, 0.1) is 27.4 Å². The molecule has 0 fully saturated rings. The molecule has 2 aromatic rings. The lowest BCUT2D eigenvalue weighted by molar-refractivity contribution is -0.150. The molecule has 0 saturated heterocycles. The molecule has 2 aliphatic rings. The average Bonchev–Trinajstić information content (AvgIpc) is 2.86. The quantitative estimate of drug-likeness (QED) is 0.493. The fourth-order valence-electron chi connectivity index (χ4n) is 5.19. The van der Waals surface area contributed by atoms with Crippen LogP contribution < -0.4 is 14.2 Å². The molecule has 0 radical (unpaired) electrons. The van der Waals surface area contributed by atoms with E-state index in [1.54, 1.807) is 27.4 Å². The maximum absolute atomic E-state index is 13.7. The first-order valence-corrected chi connectivity index (χ1v) is 12.1. The number of hydrogen-bond donors (Lipinski definition) is 0. The summed E-state index contributed by atoms with van der Waals surface area (Å²) < 4.78 is 21.8. The van der Waals surface area contributed by atoms with Crippen molar-refractivity contribution in [2.24, 2.45) is 10.9 Å². The molecule has 0 aromatic heterocycles. The van der Waals surface area contributed by atoms with Gasteiger partial charge in [0.2, 0.25) is 0 Å². The fraction of sp³-hybridized carbons (Fsp3) is 0.414. The molecule has 4 rings (SSSR count). The van der Waals surface area contributed by atoms with Gasteiger partial charge in [-0.1, -0.05) is 18.2 Å². The van der Waals surface area contributed by atoms with Crippen LogP contribution in [0.3, 0.4) is 0 Å². The van der Waals surface area contributed by atoms with E-state index in [0.717, 1.165) is 22.6 Å². The number of aliphatic imine (C=N–C) groups is 1. The molecule has 1 heterocycles. The van der Waals surface area contributed by atoms with Gasteiger partial charge in [-0.05, 0) is 68.5 Å². The number of Topliss-reactive ketones (excluding diaryl/α,β-unsaturated/α-hetero) is 1. The third kappa shape index (κ3) is 4.87. The lowest BCUT2D eigenvalue weighted by atomic mass is 9.69. The third-order valence-electron chi connectivity index (χ3n) is 6.85. The summed E-state index contributed by atoms with van der Waals surface area (Å²) in [4.78, 5) is 31.9. The number of carbonyl (C=O) groups is 2. The van der Waals surface area contributed by atoms with E-state index in [-0.39, 0.29) is 23.8 Å². The summed E-state index contributed by atoms with van der Waals surface area (Å²) in [5.74, 6) is 0.271. The predicted octanol–water partition coefficient (Wildman–Crippen LogP) is 5.24. The van der Waals surface area contributed by atoms with E-state index < -0.39 is 11.8 Å². The number of allylic oxidation sites excluding steroid dienone is 2. The molecule has 1 unspecified atom stereocenters. The van der Waals surface area contributed by atoms with E-state index in [2.05, 4.69) is 0 Å². The standard InChI is InChI=1S/C29H33NO6/c1-16(2)36-29(32)26-17(3)30-22-13-20(18-7-10-21(33-4)11-8-18)14-23(31)28(22)27(26)19-9-12-24(34-5)25(15-19)35-6/h7-12,15-16,20,26-27H,13-14H2,1-6H3/t20-,26?,27+/m0/s1. The summed E-state index contributed by atoms with van der Waals surface area (Å²) in [6.45, 7) is 5.47. The maximum atomic E-state index is 13.7. The van der Waals surface area contributed by atoms with Crippen LogP contribution in [0.2, 0.25) is 0 Å². The third-order valence-corrected chi connectivity index (χ3v) is 6.85. The molecule has 190 valence electrons. The zero-order valence-corrected chi connectivity index (χ0v) is 21.7. The number of rotatable bonds is 7. The van der Waals surface area contributed by atoms with Crippen molar-refractivity contribution in [3.8, 4) is 17.2 Å². The highest BCUT2D eigenvalue weighted by Crippen LogP contribution is 2.48. The van der Waals surface area contributed by atoms with Gasteiger partial charge in [0, 0.05) is 29.3 Å². The Balaban J connectivity index is 1.80. The molecule has 7 nitrogen and oxygen atoms in total. The molecule has 0 N–H and O–H groups in total. The van der Waals surface area contributed by atoms with E-state index in [0.29, 0.717) is 35.6 Å². The van der Waals surface area contributed by atoms with Gasteiger partial charge in [-0.15, -0.1) is 0 Å². The molecule has 0 bridgehead atoms. The van der Waals surface area contributed by atoms with Crippen LogP contribution in [0.15, 0.2) is 58.7 Å². The van der Waals surface area contributed by atoms with Crippen LogP contribution in [0.25, 0.3) is 0 Å².